The maximum Gasteiger partial charge on any atom is 0.276 e. The molecule has 0 aromatic heterocycles. The minimum Gasteiger partial charge on any atom is -0.496 e. The van der Waals surface area contributed by atoms with E-state index in [1.54, 1.807) is 24.2 Å². The van der Waals surface area contributed by atoms with Gasteiger partial charge in [-0.05, 0) is 54.9 Å². The third kappa shape index (κ3) is 5.55. The molecule has 1 N–H and O–H groups in total. The van der Waals surface area contributed by atoms with Gasteiger partial charge < -0.3 is 19.5 Å². The molecule has 2 aromatic rings. The number of ether oxygens (including phenoxy) is 3. The summed E-state index contributed by atoms with van der Waals surface area (Å²) in [5, 5.41) is 4.43. The zero-order chi connectivity index (χ0) is 23.5. The number of rotatable bonds is 7. The largest absolute Gasteiger partial charge is 0.496 e. The highest BCUT2D eigenvalue weighted by Crippen LogP contribution is 2.35. The second kappa shape index (κ2) is 10.5. The van der Waals surface area contributed by atoms with Crippen molar-refractivity contribution < 1.29 is 19.0 Å². The number of nitrogens with one attached hydrogen (secondary N) is 1. The van der Waals surface area contributed by atoms with Crippen LogP contribution in [0.15, 0.2) is 36.0 Å². The summed E-state index contributed by atoms with van der Waals surface area (Å²) in [6.07, 6.45) is 3.70. The van der Waals surface area contributed by atoms with Crippen molar-refractivity contribution in [2.24, 2.45) is 0 Å². The van der Waals surface area contributed by atoms with Gasteiger partial charge in [-0.25, -0.2) is 0 Å². The van der Waals surface area contributed by atoms with E-state index >= 15 is 0 Å². The van der Waals surface area contributed by atoms with E-state index in [1.807, 2.05) is 18.2 Å². The molecular formula is C23H21Cl3N2O4S. The molecule has 33 heavy (non-hydrogen) atoms. The molecule has 0 aliphatic carbocycles. The van der Waals surface area contributed by atoms with Crippen molar-refractivity contribution in [3.8, 4) is 11.5 Å². The average molecular weight is 528 g/mol. The van der Waals surface area contributed by atoms with Crippen LogP contribution < -0.4 is 14.8 Å². The Bertz CT molecular complexity index is 1120. The summed E-state index contributed by atoms with van der Waals surface area (Å²) in [6.45, 7) is 1.34. The lowest BCUT2D eigenvalue weighted by Crippen LogP contribution is -2.37. The molecule has 2 saturated heterocycles. The normalized spacial score (nSPS) is 19.3. The number of hydrogen-bond acceptors (Lipinski definition) is 5. The molecule has 4 rings (SSSR count). The molecule has 2 aliphatic heterocycles. The summed E-state index contributed by atoms with van der Waals surface area (Å²) in [4.78, 5) is 14.4. The Morgan fingerprint density at radius 1 is 1.18 bits per heavy atom. The van der Waals surface area contributed by atoms with Crippen LogP contribution in [0.3, 0.4) is 0 Å². The summed E-state index contributed by atoms with van der Waals surface area (Å²) in [7, 11) is 1.58. The molecule has 1 unspecified atom stereocenters. The highest BCUT2D eigenvalue weighted by molar-refractivity contribution is 7.80. The summed E-state index contributed by atoms with van der Waals surface area (Å²) in [6, 6.07) is 8.63. The van der Waals surface area contributed by atoms with Gasteiger partial charge in [0.05, 0.1) is 34.8 Å². The standard InChI is InChI=1S/C23H21Cl3N2O4S/c1-30-20-5-4-13(7-14(20)12-32-21-10-17(25)16(24)9-18(21)26)8-19-22(29)28(23(33)27-19)11-15-3-2-6-31-15/h4-5,7-10,15H,2-3,6,11-12H2,1H3,(H,27,33)/b19-8+. The number of hydrogen-bond donors (Lipinski definition) is 1. The third-order valence-electron chi connectivity index (χ3n) is 5.35. The number of methoxy groups -OCH3 is 1. The molecule has 2 heterocycles. The van der Waals surface area contributed by atoms with E-state index < -0.39 is 0 Å². The number of amides is 1. The molecule has 174 valence electrons. The molecule has 0 radical (unpaired) electrons. The second-order valence-corrected chi connectivity index (χ2v) is 9.20. The van der Waals surface area contributed by atoms with E-state index in [1.165, 1.54) is 6.07 Å². The molecule has 2 aromatic carbocycles. The Kier molecular flexibility index (Phi) is 7.66. The molecular weight excluding hydrogens is 507 g/mol. The van der Waals surface area contributed by atoms with E-state index in [-0.39, 0.29) is 18.6 Å². The predicted molar refractivity (Wildman–Crippen MR) is 133 cm³/mol. The molecule has 2 aliphatic rings. The minimum atomic E-state index is -0.174. The van der Waals surface area contributed by atoms with Gasteiger partial charge in [-0.15, -0.1) is 0 Å². The van der Waals surface area contributed by atoms with Crippen molar-refractivity contribution in [2.75, 3.05) is 20.3 Å². The van der Waals surface area contributed by atoms with Crippen LogP contribution in [0.2, 0.25) is 15.1 Å². The first-order valence-electron chi connectivity index (χ1n) is 10.3. The smallest absolute Gasteiger partial charge is 0.276 e. The second-order valence-electron chi connectivity index (χ2n) is 7.60. The van der Waals surface area contributed by atoms with Crippen LogP contribution in [-0.4, -0.2) is 42.3 Å². The van der Waals surface area contributed by atoms with Gasteiger partial charge >= 0.3 is 0 Å². The van der Waals surface area contributed by atoms with Gasteiger partial charge in [0.15, 0.2) is 5.11 Å². The van der Waals surface area contributed by atoms with Gasteiger partial charge in [-0.3, -0.25) is 9.69 Å². The molecule has 1 amide bonds. The van der Waals surface area contributed by atoms with Gasteiger partial charge in [-0.1, -0.05) is 40.9 Å². The monoisotopic (exact) mass is 526 g/mol. The number of nitrogens with zero attached hydrogens (tertiary/aromatic N) is 1. The Hall–Kier alpha value is -2.03. The Balaban J connectivity index is 1.51. The first-order chi connectivity index (χ1) is 15.9. The average Bonchev–Trinajstić information content (AvgIpc) is 3.39. The fourth-order valence-electron chi connectivity index (χ4n) is 3.67. The van der Waals surface area contributed by atoms with Crippen LogP contribution in [-0.2, 0) is 16.1 Å². The van der Waals surface area contributed by atoms with Crippen LogP contribution in [0.1, 0.15) is 24.0 Å². The van der Waals surface area contributed by atoms with Gasteiger partial charge in [0.2, 0.25) is 0 Å². The highest BCUT2D eigenvalue weighted by Gasteiger charge is 2.33. The van der Waals surface area contributed by atoms with Gasteiger partial charge in [0.1, 0.15) is 23.8 Å². The van der Waals surface area contributed by atoms with Crippen LogP contribution in [0, 0.1) is 0 Å². The molecule has 0 bridgehead atoms. The van der Waals surface area contributed by atoms with E-state index in [2.05, 4.69) is 5.32 Å². The number of thiocarbonyl (C=S) groups is 1. The van der Waals surface area contributed by atoms with Crippen molar-refractivity contribution in [1.29, 1.82) is 0 Å². The van der Waals surface area contributed by atoms with E-state index in [4.69, 9.17) is 61.2 Å². The lowest BCUT2D eigenvalue weighted by Gasteiger charge is -2.18. The van der Waals surface area contributed by atoms with E-state index in [9.17, 15) is 4.79 Å². The summed E-state index contributed by atoms with van der Waals surface area (Å²) < 4.78 is 16.9. The number of benzene rings is 2. The maximum atomic E-state index is 12.9. The van der Waals surface area contributed by atoms with Crippen LogP contribution >= 0.6 is 47.0 Å². The number of carbonyl (C=O) groups excluding carboxylic acids is 1. The topological polar surface area (TPSA) is 60.0 Å². The zero-order valence-corrected chi connectivity index (χ0v) is 20.8. The molecule has 0 saturated carbocycles. The van der Waals surface area contributed by atoms with Crippen LogP contribution in [0.5, 0.6) is 11.5 Å². The third-order valence-corrected chi connectivity index (χ3v) is 6.69. The Morgan fingerprint density at radius 3 is 2.70 bits per heavy atom. The van der Waals surface area contributed by atoms with Gasteiger partial charge in [0.25, 0.3) is 5.91 Å². The van der Waals surface area contributed by atoms with Gasteiger partial charge in [0, 0.05) is 18.2 Å². The van der Waals surface area contributed by atoms with Crippen LogP contribution in [0.25, 0.3) is 6.08 Å². The van der Waals surface area contributed by atoms with E-state index in [0.29, 0.717) is 43.9 Å². The van der Waals surface area contributed by atoms with Crippen molar-refractivity contribution in [1.82, 2.24) is 10.2 Å². The predicted octanol–water partition coefficient (Wildman–Crippen LogP) is 5.47. The first kappa shape index (κ1) is 24.1. The highest BCUT2D eigenvalue weighted by atomic mass is 35.5. The van der Waals surface area contributed by atoms with Crippen molar-refractivity contribution in [2.45, 2.75) is 25.6 Å². The van der Waals surface area contributed by atoms with Crippen molar-refractivity contribution in [3.63, 3.8) is 0 Å². The van der Waals surface area contributed by atoms with E-state index in [0.717, 1.165) is 30.6 Å². The lowest BCUT2D eigenvalue weighted by atomic mass is 10.1. The number of halogens is 3. The summed E-state index contributed by atoms with van der Waals surface area (Å²) in [5.41, 5.74) is 1.95. The lowest BCUT2D eigenvalue weighted by molar-refractivity contribution is -0.123. The molecule has 1 atom stereocenters. The molecule has 0 spiro atoms. The zero-order valence-electron chi connectivity index (χ0n) is 17.7. The fraction of sp³-hybridized carbons (Fsp3) is 0.304. The van der Waals surface area contributed by atoms with Crippen molar-refractivity contribution >= 4 is 64.1 Å². The molecule has 2 fully saturated rings. The SMILES string of the molecule is COc1ccc(/C=C2/NC(=S)N(CC3CCCO3)C2=O)cc1COc1cc(Cl)c(Cl)cc1Cl. The Labute approximate surface area is 212 Å². The molecule has 6 nitrogen and oxygen atoms in total. The minimum absolute atomic E-state index is 0.0194. The van der Waals surface area contributed by atoms with Gasteiger partial charge in [-0.2, -0.15) is 0 Å². The van der Waals surface area contributed by atoms with Crippen LogP contribution in [0.4, 0.5) is 0 Å². The number of carbonyl (C=O) groups is 1. The maximum absolute atomic E-state index is 12.9. The Morgan fingerprint density at radius 2 is 1.97 bits per heavy atom. The summed E-state index contributed by atoms with van der Waals surface area (Å²) >= 11 is 23.6. The fourth-order valence-corrected chi connectivity index (χ4v) is 4.53. The first-order valence-corrected chi connectivity index (χ1v) is 11.8. The molecule has 10 heteroatoms. The quantitative estimate of drug-likeness (QED) is 0.293. The van der Waals surface area contributed by atoms with Crippen molar-refractivity contribution in [3.05, 3.63) is 62.2 Å². The summed E-state index contributed by atoms with van der Waals surface area (Å²) in [5.74, 6) is 0.862.